The summed E-state index contributed by atoms with van der Waals surface area (Å²) in [4.78, 5) is 39.3. The van der Waals surface area contributed by atoms with Gasteiger partial charge in [-0.25, -0.2) is 4.79 Å². The monoisotopic (exact) mass is 338 g/mol. The predicted molar refractivity (Wildman–Crippen MR) is 82.9 cm³/mol. The third-order valence-corrected chi connectivity index (χ3v) is 7.44. The molecule has 3 fully saturated rings. The Morgan fingerprint density at radius 2 is 2.23 bits per heavy atom. The van der Waals surface area contributed by atoms with Crippen molar-refractivity contribution in [2.75, 3.05) is 4.90 Å². The summed E-state index contributed by atoms with van der Waals surface area (Å²) in [5.41, 5.74) is -1.08. The van der Waals surface area contributed by atoms with Crippen molar-refractivity contribution in [2.45, 2.75) is 42.0 Å². The van der Waals surface area contributed by atoms with E-state index in [-0.39, 0.29) is 17.2 Å². The van der Waals surface area contributed by atoms with Gasteiger partial charge >= 0.3 is 5.97 Å². The number of β-lactam (4-membered cyclic amide) rings is 1. The first-order valence-electron chi connectivity index (χ1n) is 6.91. The Labute approximate surface area is 135 Å². The minimum Gasteiger partial charge on any atom is -0.479 e. The molecule has 22 heavy (non-hydrogen) atoms. The van der Waals surface area contributed by atoms with Gasteiger partial charge in [-0.1, -0.05) is 0 Å². The molecule has 2 aliphatic heterocycles. The van der Waals surface area contributed by atoms with Crippen molar-refractivity contribution in [2.24, 2.45) is 0 Å². The number of nitrogens with zero attached hydrogens (tertiary/aromatic N) is 2. The van der Waals surface area contributed by atoms with E-state index in [1.807, 2.05) is 18.4 Å². The molecule has 1 saturated carbocycles. The molecule has 1 aliphatic carbocycles. The number of thioether (sulfide) groups is 1. The van der Waals surface area contributed by atoms with Gasteiger partial charge < -0.3 is 10.0 Å². The van der Waals surface area contributed by atoms with Gasteiger partial charge in [-0.2, -0.15) is 0 Å². The molecule has 1 N–H and O–H groups in total. The Hall–Kier alpha value is -1.54. The number of carbonyl (C=O) groups is 3. The molecule has 1 aromatic rings. The van der Waals surface area contributed by atoms with E-state index in [1.165, 1.54) is 39.8 Å². The molecule has 8 heteroatoms. The highest BCUT2D eigenvalue weighted by Gasteiger charge is 2.85. The summed E-state index contributed by atoms with van der Waals surface area (Å²) in [5, 5.41) is 11.9. The summed E-state index contributed by atoms with van der Waals surface area (Å²) in [7, 11) is 0. The highest BCUT2D eigenvalue weighted by molar-refractivity contribution is 8.02. The Morgan fingerprint density at radius 1 is 1.50 bits per heavy atom. The summed E-state index contributed by atoms with van der Waals surface area (Å²) < 4.78 is -0.439. The maximum absolute atomic E-state index is 12.6. The summed E-state index contributed by atoms with van der Waals surface area (Å²) in [6.07, 6.45) is 0.480. The zero-order valence-corrected chi connectivity index (χ0v) is 13.6. The summed E-state index contributed by atoms with van der Waals surface area (Å²) in [6, 6.07) is 3.04. The lowest BCUT2D eigenvalue weighted by atomic mass is 9.99. The lowest BCUT2D eigenvalue weighted by molar-refractivity contribution is -0.161. The summed E-state index contributed by atoms with van der Waals surface area (Å²) in [5.74, 6) is -1.40. The second-order valence-electron chi connectivity index (χ2n) is 6.07. The van der Waals surface area contributed by atoms with E-state index in [0.29, 0.717) is 6.42 Å². The average molecular weight is 338 g/mol. The molecule has 3 aliphatic rings. The van der Waals surface area contributed by atoms with Crippen LogP contribution in [-0.4, -0.2) is 49.5 Å². The predicted octanol–water partition coefficient (Wildman–Crippen LogP) is 1.37. The van der Waals surface area contributed by atoms with Crippen LogP contribution in [0.1, 0.15) is 20.3 Å². The number of thiophene rings is 1. The van der Waals surface area contributed by atoms with Crippen LogP contribution in [-0.2, 0) is 14.4 Å². The number of carbonyl (C=O) groups excluding carboxylic acids is 2. The average Bonchev–Trinajstić information content (AvgIpc) is 2.81. The van der Waals surface area contributed by atoms with E-state index in [1.54, 1.807) is 6.07 Å². The molecule has 1 aromatic heterocycles. The molecule has 2 saturated heterocycles. The topological polar surface area (TPSA) is 77.9 Å². The molecule has 0 spiro atoms. The lowest BCUT2D eigenvalue weighted by Crippen LogP contribution is -2.72. The number of carboxylic acid groups (broad SMARTS) is 1. The summed E-state index contributed by atoms with van der Waals surface area (Å²) >= 11 is 2.91. The molecule has 6 nitrogen and oxygen atoms in total. The van der Waals surface area contributed by atoms with Crippen molar-refractivity contribution in [3.8, 4) is 0 Å². The van der Waals surface area contributed by atoms with Crippen molar-refractivity contribution < 1.29 is 19.5 Å². The molecule has 4 atom stereocenters. The lowest BCUT2D eigenvalue weighted by Gasteiger charge is -2.49. The van der Waals surface area contributed by atoms with Crippen LogP contribution < -0.4 is 4.90 Å². The third-order valence-electron chi connectivity index (χ3n) is 4.86. The molecular weight excluding hydrogens is 324 g/mol. The second kappa shape index (κ2) is 4.05. The first-order chi connectivity index (χ1) is 10.3. The third kappa shape index (κ3) is 1.40. The van der Waals surface area contributed by atoms with Crippen LogP contribution in [0.2, 0.25) is 0 Å². The van der Waals surface area contributed by atoms with Gasteiger partial charge in [0.1, 0.15) is 11.4 Å². The zero-order chi connectivity index (χ0) is 15.9. The smallest absolute Gasteiger partial charge is 0.331 e. The summed E-state index contributed by atoms with van der Waals surface area (Å²) in [6.45, 7) is 3.32. The fraction of sp³-hybridized carbons (Fsp3) is 0.500. The zero-order valence-electron chi connectivity index (χ0n) is 12.0. The minimum atomic E-state index is -1.08. The van der Waals surface area contributed by atoms with Crippen molar-refractivity contribution >= 4 is 45.9 Å². The normalized spacial score (nSPS) is 38.1. The Bertz CT molecular complexity index is 706. The molecule has 2 amide bonds. The molecular formula is C14H14N2O4S2. The number of fused-ring (bicyclic) bond motifs is 3. The van der Waals surface area contributed by atoms with Gasteiger partial charge in [-0.05, 0) is 24.4 Å². The van der Waals surface area contributed by atoms with Gasteiger partial charge in [-0.15, -0.1) is 23.1 Å². The molecule has 1 unspecified atom stereocenters. The van der Waals surface area contributed by atoms with Crippen LogP contribution in [0.4, 0.5) is 5.00 Å². The second-order valence-corrected chi connectivity index (χ2v) is 8.62. The van der Waals surface area contributed by atoms with Crippen LogP contribution in [0.3, 0.4) is 0 Å². The van der Waals surface area contributed by atoms with E-state index in [9.17, 15) is 19.5 Å². The Kier molecular flexibility index (Phi) is 2.59. The number of hydrogen-bond acceptors (Lipinski definition) is 5. The van der Waals surface area contributed by atoms with Crippen LogP contribution in [0, 0.1) is 0 Å². The van der Waals surface area contributed by atoms with Gasteiger partial charge in [0.15, 0.2) is 5.54 Å². The fourth-order valence-electron chi connectivity index (χ4n) is 3.70. The van der Waals surface area contributed by atoms with E-state index in [2.05, 4.69) is 0 Å². The van der Waals surface area contributed by atoms with Gasteiger partial charge in [-0.3, -0.25) is 14.5 Å². The molecule has 0 aromatic carbocycles. The highest BCUT2D eigenvalue weighted by Crippen LogP contribution is 2.72. The van der Waals surface area contributed by atoms with Crippen LogP contribution >= 0.6 is 23.1 Å². The van der Waals surface area contributed by atoms with Gasteiger partial charge in [0, 0.05) is 13.3 Å². The van der Waals surface area contributed by atoms with Gasteiger partial charge in [0.2, 0.25) is 5.91 Å². The van der Waals surface area contributed by atoms with Gasteiger partial charge in [0.25, 0.3) is 5.91 Å². The highest BCUT2D eigenvalue weighted by atomic mass is 32.2. The first kappa shape index (κ1) is 14.1. The number of rotatable bonds is 3. The van der Waals surface area contributed by atoms with E-state index < -0.39 is 22.3 Å². The molecule has 3 heterocycles. The van der Waals surface area contributed by atoms with Crippen molar-refractivity contribution in [1.82, 2.24) is 4.90 Å². The number of hydrogen-bond donors (Lipinski definition) is 1. The fourth-order valence-corrected chi connectivity index (χ4v) is 6.47. The van der Waals surface area contributed by atoms with Crippen LogP contribution in [0.5, 0.6) is 0 Å². The molecule has 116 valence electrons. The van der Waals surface area contributed by atoms with E-state index >= 15 is 0 Å². The standard InChI is InChI=1S/C14H14N2O4S2/c1-7(17)15(8-4-3-5-21-8)9-10(18)16-11(9)22-13(2)6-14(13,16)12(19)20/h3-5,9,11H,6H2,1-2H3,(H,19,20)/t9-,11-,13?,14-/m1/s1. The Morgan fingerprint density at radius 3 is 2.77 bits per heavy atom. The van der Waals surface area contributed by atoms with Crippen LogP contribution in [0.15, 0.2) is 17.5 Å². The maximum Gasteiger partial charge on any atom is 0.331 e. The number of amides is 2. The molecule has 0 radical (unpaired) electrons. The van der Waals surface area contributed by atoms with Gasteiger partial charge in [0.05, 0.1) is 9.75 Å². The number of carboxylic acids is 1. The Balaban J connectivity index is 1.69. The van der Waals surface area contributed by atoms with Crippen molar-refractivity contribution in [1.29, 1.82) is 0 Å². The van der Waals surface area contributed by atoms with Crippen molar-refractivity contribution in [3.63, 3.8) is 0 Å². The molecule has 0 bridgehead atoms. The quantitative estimate of drug-likeness (QED) is 0.842. The van der Waals surface area contributed by atoms with E-state index in [4.69, 9.17) is 0 Å². The number of anilines is 1. The van der Waals surface area contributed by atoms with Crippen LogP contribution in [0.25, 0.3) is 0 Å². The first-order valence-corrected chi connectivity index (χ1v) is 8.67. The maximum atomic E-state index is 12.6. The van der Waals surface area contributed by atoms with Crippen molar-refractivity contribution in [3.05, 3.63) is 17.5 Å². The minimum absolute atomic E-state index is 0.198. The largest absolute Gasteiger partial charge is 0.479 e. The SMILES string of the molecule is CC(=O)N(c1cccs1)[C@@H]1C(=O)N2[C@@H]1SC1(C)C[C@]21C(=O)O. The number of aliphatic carboxylic acids is 1. The van der Waals surface area contributed by atoms with E-state index in [0.717, 1.165) is 5.00 Å². The molecule has 4 rings (SSSR count).